The quantitative estimate of drug-likeness (QED) is 0.723. The maximum Gasteiger partial charge on any atom is 0.335 e. The van der Waals surface area contributed by atoms with Crippen molar-refractivity contribution in [2.24, 2.45) is 5.73 Å². The number of carbonyl (C=O) groups is 2. The van der Waals surface area contributed by atoms with Crippen molar-refractivity contribution in [3.63, 3.8) is 0 Å². The summed E-state index contributed by atoms with van der Waals surface area (Å²) in [5.74, 6) is -1.04. The molecule has 0 aliphatic rings. The molecule has 0 bridgehead atoms. The smallest absolute Gasteiger partial charge is 0.335 e. The van der Waals surface area contributed by atoms with Crippen LogP contribution in [-0.4, -0.2) is 30.1 Å². The molecule has 1 aromatic rings. The minimum absolute atomic E-state index is 0.0696. The van der Waals surface area contributed by atoms with E-state index in [2.05, 4.69) is 5.32 Å². The van der Waals surface area contributed by atoms with Gasteiger partial charge in [0.15, 0.2) is 0 Å². The molecule has 4 N–H and O–H groups in total. The van der Waals surface area contributed by atoms with Gasteiger partial charge in [0, 0.05) is 0 Å². The Morgan fingerprint density at radius 2 is 2.16 bits per heavy atom. The molecule has 6 heteroatoms. The second kappa shape index (κ2) is 6.75. The molecular formula is C13H18N2O4. The van der Waals surface area contributed by atoms with Gasteiger partial charge in [-0.2, -0.15) is 0 Å². The second-order valence-corrected chi connectivity index (χ2v) is 4.10. The Morgan fingerprint density at radius 1 is 1.47 bits per heavy atom. The highest BCUT2D eigenvalue weighted by atomic mass is 16.5. The number of nitrogens with two attached hydrogens (primary N) is 1. The molecule has 0 spiro atoms. The lowest BCUT2D eigenvalue weighted by Gasteiger charge is -2.14. The van der Waals surface area contributed by atoms with E-state index in [4.69, 9.17) is 15.6 Å². The van der Waals surface area contributed by atoms with Crippen molar-refractivity contribution >= 4 is 17.6 Å². The predicted octanol–water partition coefficient (Wildman–Crippen LogP) is 1.46. The first kappa shape index (κ1) is 15.0. The first-order valence-electron chi connectivity index (χ1n) is 5.97. The van der Waals surface area contributed by atoms with E-state index in [-0.39, 0.29) is 11.5 Å². The van der Waals surface area contributed by atoms with Crippen LogP contribution in [0.25, 0.3) is 0 Å². The molecule has 0 unspecified atom stereocenters. The first-order chi connectivity index (χ1) is 8.99. The van der Waals surface area contributed by atoms with Crippen LogP contribution in [0, 0.1) is 0 Å². The van der Waals surface area contributed by atoms with E-state index >= 15 is 0 Å². The summed E-state index contributed by atoms with van der Waals surface area (Å²) < 4.78 is 5.07. The van der Waals surface area contributed by atoms with Crippen LogP contribution in [0.3, 0.4) is 0 Å². The number of hydrogen-bond donors (Lipinski definition) is 3. The molecule has 1 amide bonds. The molecule has 0 saturated heterocycles. The molecular weight excluding hydrogens is 248 g/mol. The number of amides is 1. The molecule has 6 nitrogen and oxygen atoms in total. The molecule has 0 aliphatic carbocycles. The van der Waals surface area contributed by atoms with Crippen LogP contribution in [0.2, 0.25) is 0 Å². The van der Waals surface area contributed by atoms with Crippen LogP contribution >= 0.6 is 0 Å². The van der Waals surface area contributed by atoms with E-state index in [9.17, 15) is 9.59 Å². The van der Waals surface area contributed by atoms with Crippen LogP contribution in [0.1, 0.15) is 30.1 Å². The van der Waals surface area contributed by atoms with E-state index in [0.29, 0.717) is 17.9 Å². The maximum atomic E-state index is 11.8. The number of anilines is 1. The number of carbonyl (C=O) groups excluding carboxylic acids is 1. The van der Waals surface area contributed by atoms with E-state index in [1.165, 1.54) is 25.3 Å². The Bertz CT molecular complexity index is 474. The third-order valence-electron chi connectivity index (χ3n) is 2.64. The zero-order chi connectivity index (χ0) is 14.4. The summed E-state index contributed by atoms with van der Waals surface area (Å²) in [4.78, 5) is 22.7. The summed E-state index contributed by atoms with van der Waals surface area (Å²) >= 11 is 0. The average molecular weight is 266 g/mol. The SMILES string of the molecule is CCC[C@H](N)C(=O)Nc1cc(C(=O)O)ccc1OC. The average Bonchev–Trinajstić information content (AvgIpc) is 2.38. The van der Waals surface area contributed by atoms with Gasteiger partial charge in [0.05, 0.1) is 24.4 Å². The molecule has 0 aromatic heterocycles. The van der Waals surface area contributed by atoms with Crippen LogP contribution in [0.4, 0.5) is 5.69 Å². The van der Waals surface area contributed by atoms with Crippen molar-refractivity contribution in [3.05, 3.63) is 23.8 Å². The summed E-state index contributed by atoms with van der Waals surface area (Å²) in [7, 11) is 1.44. The van der Waals surface area contributed by atoms with Gasteiger partial charge in [0.2, 0.25) is 5.91 Å². The first-order valence-corrected chi connectivity index (χ1v) is 5.97. The fourth-order valence-corrected chi connectivity index (χ4v) is 1.61. The van der Waals surface area contributed by atoms with Crippen molar-refractivity contribution in [1.82, 2.24) is 0 Å². The summed E-state index contributed by atoms with van der Waals surface area (Å²) in [5.41, 5.74) is 6.07. The zero-order valence-corrected chi connectivity index (χ0v) is 11.0. The van der Waals surface area contributed by atoms with E-state index in [1.807, 2.05) is 6.92 Å². The summed E-state index contributed by atoms with van der Waals surface area (Å²) in [6, 6.07) is 3.62. The third-order valence-corrected chi connectivity index (χ3v) is 2.64. The molecule has 0 aliphatic heterocycles. The van der Waals surface area contributed by atoms with Crippen molar-refractivity contribution in [2.45, 2.75) is 25.8 Å². The molecule has 0 radical (unpaired) electrons. The topological polar surface area (TPSA) is 102 Å². The van der Waals surface area contributed by atoms with Crippen molar-refractivity contribution in [1.29, 1.82) is 0 Å². The molecule has 0 saturated carbocycles. The Kier molecular flexibility index (Phi) is 5.32. The number of methoxy groups -OCH3 is 1. The number of benzene rings is 1. The highest BCUT2D eigenvalue weighted by Gasteiger charge is 2.16. The minimum atomic E-state index is -1.07. The molecule has 1 rings (SSSR count). The lowest BCUT2D eigenvalue weighted by atomic mass is 10.1. The normalized spacial score (nSPS) is 11.7. The Morgan fingerprint density at radius 3 is 2.68 bits per heavy atom. The summed E-state index contributed by atoms with van der Waals surface area (Å²) in [5, 5.41) is 11.5. The molecule has 0 heterocycles. The molecule has 1 aromatic carbocycles. The molecule has 1 atom stereocenters. The van der Waals surface area contributed by atoms with Crippen molar-refractivity contribution in [2.75, 3.05) is 12.4 Å². The number of carboxylic acids is 1. The van der Waals surface area contributed by atoms with Crippen LogP contribution in [-0.2, 0) is 4.79 Å². The Labute approximate surface area is 111 Å². The second-order valence-electron chi connectivity index (χ2n) is 4.10. The lowest BCUT2D eigenvalue weighted by molar-refractivity contribution is -0.117. The summed E-state index contributed by atoms with van der Waals surface area (Å²) in [6.07, 6.45) is 1.35. The molecule has 0 fully saturated rings. The lowest BCUT2D eigenvalue weighted by Crippen LogP contribution is -2.35. The predicted molar refractivity (Wildman–Crippen MR) is 71.5 cm³/mol. The Hall–Kier alpha value is -2.08. The van der Waals surface area contributed by atoms with Gasteiger partial charge in [0.25, 0.3) is 0 Å². The standard InChI is InChI=1S/C13H18N2O4/c1-3-4-9(14)12(16)15-10-7-8(13(17)18)5-6-11(10)19-2/h5-7,9H,3-4,14H2,1-2H3,(H,15,16)(H,17,18)/t9-/m0/s1. The van der Waals surface area contributed by atoms with E-state index < -0.39 is 12.0 Å². The summed E-state index contributed by atoms with van der Waals surface area (Å²) in [6.45, 7) is 1.93. The van der Waals surface area contributed by atoms with Gasteiger partial charge >= 0.3 is 5.97 Å². The highest BCUT2D eigenvalue weighted by molar-refractivity contribution is 5.98. The minimum Gasteiger partial charge on any atom is -0.495 e. The van der Waals surface area contributed by atoms with Crippen molar-refractivity contribution in [3.8, 4) is 5.75 Å². The van der Waals surface area contributed by atoms with E-state index in [1.54, 1.807) is 0 Å². The van der Waals surface area contributed by atoms with Gasteiger partial charge in [-0.1, -0.05) is 13.3 Å². The van der Waals surface area contributed by atoms with Crippen molar-refractivity contribution < 1.29 is 19.4 Å². The number of rotatable bonds is 6. The fraction of sp³-hybridized carbons (Fsp3) is 0.385. The number of carboxylic acid groups (broad SMARTS) is 1. The highest BCUT2D eigenvalue weighted by Crippen LogP contribution is 2.25. The van der Waals surface area contributed by atoms with Gasteiger partial charge < -0.3 is 20.9 Å². The number of hydrogen-bond acceptors (Lipinski definition) is 4. The fourth-order valence-electron chi connectivity index (χ4n) is 1.61. The van der Waals surface area contributed by atoms with Gasteiger partial charge in [-0.25, -0.2) is 4.79 Å². The zero-order valence-electron chi connectivity index (χ0n) is 11.0. The monoisotopic (exact) mass is 266 g/mol. The van der Waals surface area contributed by atoms with Crippen LogP contribution in [0.15, 0.2) is 18.2 Å². The van der Waals surface area contributed by atoms with Gasteiger partial charge in [-0.3, -0.25) is 4.79 Å². The molecule has 19 heavy (non-hydrogen) atoms. The van der Waals surface area contributed by atoms with E-state index in [0.717, 1.165) is 6.42 Å². The number of ether oxygens (including phenoxy) is 1. The largest absolute Gasteiger partial charge is 0.495 e. The number of aromatic carboxylic acids is 1. The molecule has 104 valence electrons. The number of nitrogens with one attached hydrogen (secondary N) is 1. The van der Waals surface area contributed by atoms with Gasteiger partial charge in [-0.05, 0) is 24.6 Å². The van der Waals surface area contributed by atoms with Gasteiger partial charge in [0.1, 0.15) is 5.75 Å². The van der Waals surface area contributed by atoms with Gasteiger partial charge in [-0.15, -0.1) is 0 Å². The third kappa shape index (κ3) is 3.96. The Balaban J connectivity index is 2.94. The van der Waals surface area contributed by atoms with Crippen LogP contribution < -0.4 is 15.8 Å². The maximum absolute atomic E-state index is 11.8. The van der Waals surface area contributed by atoms with Crippen LogP contribution in [0.5, 0.6) is 5.75 Å².